The van der Waals surface area contributed by atoms with E-state index in [1.54, 1.807) is 0 Å². The van der Waals surface area contributed by atoms with E-state index >= 15 is 0 Å². The average Bonchev–Trinajstić information content (AvgIpc) is 3.25. The molecule has 8 heteroatoms. The highest BCUT2D eigenvalue weighted by Crippen LogP contribution is 2.42. The molecule has 4 aliphatic rings. The van der Waals surface area contributed by atoms with E-state index in [1.165, 1.54) is 19.3 Å². The second-order valence-corrected chi connectivity index (χ2v) is 10.9. The number of hydrogen-bond donors (Lipinski definition) is 2. The SMILES string of the molecule is O=S1(=O)CCC(CN=C(NCC2CCCO2)NC2CCOC3(CCC3)C2)C1. The van der Waals surface area contributed by atoms with Crippen molar-refractivity contribution in [3.05, 3.63) is 0 Å². The molecule has 1 spiro atoms. The first-order chi connectivity index (χ1) is 13.0. The molecule has 27 heavy (non-hydrogen) atoms. The van der Waals surface area contributed by atoms with Crippen LogP contribution in [0, 0.1) is 5.92 Å². The van der Waals surface area contributed by atoms with E-state index in [1.807, 2.05) is 0 Å². The molecule has 7 nitrogen and oxygen atoms in total. The number of nitrogens with one attached hydrogen (secondary N) is 2. The van der Waals surface area contributed by atoms with Crippen LogP contribution in [0.1, 0.15) is 51.4 Å². The number of guanidine groups is 1. The quantitative estimate of drug-likeness (QED) is 0.534. The van der Waals surface area contributed by atoms with Gasteiger partial charge in [0.25, 0.3) is 0 Å². The number of aliphatic imine (C=N–C) groups is 1. The van der Waals surface area contributed by atoms with Gasteiger partial charge < -0.3 is 20.1 Å². The molecule has 3 saturated heterocycles. The number of rotatable bonds is 5. The largest absolute Gasteiger partial charge is 0.376 e. The van der Waals surface area contributed by atoms with E-state index in [0.29, 0.717) is 18.3 Å². The van der Waals surface area contributed by atoms with Crippen molar-refractivity contribution in [2.45, 2.75) is 69.1 Å². The highest BCUT2D eigenvalue weighted by molar-refractivity contribution is 7.91. The smallest absolute Gasteiger partial charge is 0.191 e. The number of nitrogens with zero attached hydrogens (tertiary/aromatic N) is 1. The van der Waals surface area contributed by atoms with Crippen molar-refractivity contribution in [2.24, 2.45) is 10.9 Å². The second kappa shape index (κ2) is 8.25. The zero-order valence-electron chi connectivity index (χ0n) is 16.1. The minimum atomic E-state index is -2.85. The first-order valence-electron chi connectivity index (χ1n) is 10.5. The zero-order chi connectivity index (χ0) is 18.7. The normalized spacial score (nSPS) is 35.1. The van der Waals surface area contributed by atoms with Crippen LogP contribution in [0.3, 0.4) is 0 Å². The summed E-state index contributed by atoms with van der Waals surface area (Å²) < 4.78 is 35.2. The molecule has 3 aliphatic heterocycles. The summed E-state index contributed by atoms with van der Waals surface area (Å²) in [4.78, 5) is 4.75. The van der Waals surface area contributed by atoms with E-state index in [-0.39, 0.29) is 23.4 Å². The third-order valence-corrected chi connectivity index (χ3v) is 8.29. The van der Waals surface area contributed by atoms with Crippen molar-refractivity contribution in [2.75, 3.05) is 37.8 Å². The van der Waals surface area contributed by atoms with Crippen LogP contribution in [-0.2, 0) is 19.3 Å². The lowest BCUT2D eigenvalue weighted by Gasteiger charge is -2.47. The molecule has 3 heterocycles. The van der Waals surface area contributed by atoms with Crippen LogP contribution in [0.4, 0.5) is 0 Å². The van der Waals surface area contributed by atoms with Crippen molar-refractivity contribution >= 4 is 15.8 Å². The molecule has 4 rings (SSSR count). The maximum absolute atomic E-state index is 11.7. The standard InChI is InChI=1S/C19H33N3O4S/c23-27(24)10-5-15(14-27)12-20-18(21-13-17-3-1-8-25-17)22-16-4-9-26-19(11-16)6-2-7-19/h15-17H,1-14H2,(H2,20,21,22). The van der Waals surface area contributed by atoms with Crippen LogP contribution in [-0.4, -0.2) is 69.9 Å². The maximum atomic E-state index is 11.7. The van der Waals surface area contributed by atoms with Crippen LogP contribution in [0.25, 0.3) is 0 Å². The minimum absolute atomic E-state index is 0.0924. The molecule has 0 radical (unpaired) electrons. The van der Waals surface area contributed by atoms with Gasteiger partial charge in [0.2, 0.25) is 0 Å². The van der Waals surface area contributed by atoms with Gasteiger partial charge in [-0.05, 0) is 57.3 Å². The summed E-state index contributed by atoms with van der Waals surface area (Å²) in [7, 11) is -2.85. The molecule has 4 fully saturated rings. The fraction of sp³-hybridized carbons (Fsp3) is 0.947. The number of hydrogen-bond acceptors (Lipinski definition) is 5. The molecule has 1 saturated carbocycles. The second-order valence-electron chi connectivity index (χ2n) is 8.69. The molecule has 0 aromatic rings. The first-order valence-corrected chi connectivity index (χ1v) is 12.3. The van der Waals surface area contributed by atoms with Gasteiger partial charge in [-0.25, -0.2) is 8.42 Å². The van der Waals surface area contributed by atoms with E-state index in [0.717, 1.165) is 57.8 Å². The number of sulfone groups is 1. The molecule has 3 unspecified atom stereocenters. The van der Waals surface area contributed by atoms with Gasteiger partial charge in [-0.3, -0.25) is 4.99 Å². The fourth-order valence-corrected chi connectivity index (χ4v) is 6.52. The third-order valence-electron chi connectivity index (χ3n) is 6.45. The van der Waals surface area contributed by atoms with Crippen molar-refractivity contribution in [3.8, 4) is 0 Å². The van der Waals surface area contributed by atoms with Crippen LogP contribution in [0.5, 0.6) is 0 Å². The summed E-state index contributed by atoms with van der Waals surface area (Å²) >= 11 is 0. The Balaban J connectivity index is 1.35. The Morgan fingerprint density at radius 1 is 1.15 bits per heavy atom. The van der Waals surface area contributed by atoms with Crippen LogP contribution in [0.2, 0.25) is 0 Å². The van der Waals surface area contributed by atoms with Gasteiger partial charge in [-0.2, -0.15) is 0 Å². The number of ether oxygens (including phenoxy) is 2. The molecule has 0 amide bonds. The average molecular weight is 400 g/mol. The van der Waals surface area contributed by atoms with Gasteiger partial charge in [-0.1, -0.05) is 0 Å². The summed E-state index contributed by atoms with van der Waals surface area (Å²) in [6.07, 6.45) is 8.80. The van der Waals surface area contributed by atoms with Gasteiger partial charge in [-0.15, -0.1) is 0 Å². The summed E-state index contributed by atoms with van der Waals surface area (Å²) in [5, 5.41) is 7.04. The molecule has 0 bridgehead atoms. The zero-order valence-corrected chi connectivity index (χ0v) is 16.9. The first kappa shape index (κ1) is 19.5. The summed E-state index contributed by atoms with van der Waals surface area (Å²) in [5.41, 5.74) is 0.0924. The fourth-order valence-electron chi connectivity index (χ4n) is 4.67. The van der Waals surface area contributed by atoms with E-state index < -0.39 is 9.84 Å². The van der Waals surface area contributed by atoms with Gasteiger partial charge in [0.05, 0.1) is 23.2 Å². The Labute approximate surface area is 162 Å². The summed E-state index contributed by atoms with van der Waals surface area (Å²) in [6, 6.07) is 0.363. The monoisotopic (exact) mass is 399 g/mol. The van der Waals surface area contributed by atoms with E-state index in [4.69, 9.17) is 14.5 Å². The summed E-state index contributed by atoms with van der Waals surface area (Å²) in [6.45, 7) is 2.96. The topological polar surface area (TPSA) is 89.0 Å². The highest BCUT2D eigenvalue weighted by Gasteiger charge is 2.42. The molecule has 0 aromatic heterocycles. The molecule has 2 N–H and O–H groups in total. The molecular formula is C19H33N3O4S. The van der Waals surface area contributed by atoms with Crippen LogP contribution in [0.15, 0.2) is 4.99 Å². The van der Waals surface area contributed by atoms with Gasteiger partial charge in [0, 0.05) is 32.3 Å². The van der Waals surface area contributed by atoms with Crippen molar-refractivity contribution in [3.63, 3.8) is 0 Å². The van der Waals surface area contributed by atoms with Crippen LogP contribution >= 0.6 is 0 Å². The highest BCUT2D eigenvalue weighted by atomic mass is 32.2. The Kier molecular flexibility index (Phi) is 5.94. The predicted octanol–water partition coefficient (Wildman–Crippen LogP) is 1.24. The third kappa shape index (κ3) is 5.15. The predicted molar refractivity (Wildman–Crippen MR) is 105 cm³/mol. The molecule has 3 atom stereocenters. The van der Waals surface area contributed by atoms with Gasteiger partial charge in [0.15, 0.2) is 15.8 Å². The molecular weight excluding hydrogens is 366 g/mol. The summed E-state index contributed by atoms with van der Waals surface area (Å²) in [5.74, 6) is 1.53. The van der Waals surface area contributed by atoms with Crippen molar-refractivity contribution < 1.29 is 17.9 Å². The van der Waals surface area contributed by atoms with Crippen molar-refractivity contribution in [1.29, 1.82) is 0 Å². The Morgan fingerprint density at radius 2 is 2.04 bits per heavy atom. The van der Waals surface area contributed by atoms with Crippen LogP contribution < -0.4 is 10.6 Å². The Morgan fingerprint density at radius 3 is 2.70 bits per heavy atom. The molecule has 0 aromatic carbocycles. The van der Waals surface area contributed by atoms with E-state index in [9.17, 15) is 8.42 Å². The lowest BCUT2D eigenvalue weighted by molar-refractivity contribution is -0.134. The lowest BCUT2D eigenvalue weighted by atomic mass is 9.74. The maximum Gasteiger partial charge on any atom is 0.191 e. The molecule has 1 aliphatic carbocycles. The minimum Gasteiger partial charge on any atom is -0.376 e. The van der Waals surface area contributed by atoms with Gasteiger partial charge >= 0.3 is 0 Å². The van der Waals surface area contributed by atoms with Gasteiger partial charge in [0.1, 0.15) is 0 Å². The van der Waals surface area contributed by atoms with E-state index in [2.05, 4.69) is 10.6 Å². The van der Waals surface area contributed by atoms with Crippen molar-refractivity contribution in [1.82, 2.24) is 10.6 Å². The lowest BCUT2D eigenvalue weighted by Crippen LogP contribution is -2.54. The Hall–Kier alpha value is -0.860. The molecule has 154 valence electrons. The Bertz CT molecular complexity index is 641.